The summed E-state index contributed by atoms with van der Waals surface area (Å²) in [7, 11) is 0. The number of aliphatic hydroxyl groups excluding tert-OH is 2. The maximum atomic E-state index is 15.3. The topological polar surface area (TPSA) is 283 Å². The van der Waals surface area contributed by atoms with E-state index in [0.717, 1.165) is 15.7 Å². The van der Waals surface area contributed by atoms with Crippen LogP contribution in [0.3, 0.4) is 0 Å². The van der Waals surface area contributed by atoms with E-state index < -0.39 is 74.7 Å². The number of fused-ring (bicyclic) bond motifs is 2. The molecule has 6 heterocycles. The Morgan fingerprint density at radius 2 is 1.77 bits per heavy atom. The van der Waals surface area contributed by atoms with E-state index in [1.165, 1.54) is 0 Å². The Morgan fingerprint density at radius 1 is 1.07 bits per heavy atom. The number of nitrogen functional groups attached to an aromatic ring is 2. The summed E-state index contributed by atoms with van der Waals surface area (Å²) in [6.45, 7) is -5.46. The van der Waals surface area contributed by atoms with Crippen molar-refractivity contribution in [2.75, 3.05) is 24.7 Å². The van der Waals surface area contributed by atoms with Gasteiger partial charge in [0.15, 0.2) is 52.9 Å². The third-order valence-corrected chi connectivity index (χ3v) is 8.37. The Balaban J connectivity index is 1.13. The number of anilines is 2. The lowest BCUT2D eigenvalue weighted by Crippen LogP contribution is -2.32. The number of hydrogen-bond donors (Lipinski definition) is 6. The van der Waals surface area contributed by atoms with Gasteiger partial charge in [-0.1, -0.05) is 10.4 Å². The van der Waals surface area contributed by atoms with E-state index in [1.54, 1.807) is 0 Å². The normalized spacial score (nSPS) is 30.8. The first kappa shape index (κ1) is 29.7. The molecular formula is C19H23F2N12O8PS. The molecule has 0 saturated carbocycles. The van der Waals surface area contributed by atoms with Crippen molar-refractivity contribution < 1.29 is 42.4 Å². The minimum atomic E-state index is -4.26. The van der Waals surface area contributed by atoms with Crippen LogP contribution < -0.4 is 17.0 Å². The van der Waals surface area contributed by atoms with Crippen molar-refractivity contribution in [3.63, 3.8) is 0 Å². The van der Waals surface area contributed by atoms with E-state index in [4.69, 9.17) is 41.8 Å². The van der Waals surface area contributed by atoms with Gasteiger partial charge in [-0.25, -0.2) is 18.7 Å². The molecule has 2 aliphatic heterocycles. The summed E-state index contributed by atoms with van der Waals surface area (Å²) in [6.07, 6.45) is -11.9. The van der Waals surface area contributed by atoms with Gasteiger partial charge in [-0.05, 0) is 11.8 Å². The van der Waals surface area contributed by atoms with Crippen molar-refractivity contribution in [2.45, 2.75) is 55.6 Å². The third-order valence-electron chi connectivity index (χ3n) is 6.77. The van der Waals surface area contributed by atoms with Gasteiger partial charge < -0.3 is 40.6 Å². The number of ether oxygens (including phenoxy) is 2. The van der Waals surface area contributed by atoms with Crippen LogP contribution in [0, 0.1) is 0 Å². The predicted octanol–water partition coefficient (Wildman–Crippen LogP) is -2.25. The summed E-state index contributed by atoms with van der Waals surface area (Å²) in [5.41, 5.74) is 10.4. The van der Waals surface area contributed by atoms with Gasteiger partial charge in [-0.3, -0.25) is 14.3 Å². The number of nitrogens with zero attached hydrogens (tertiary/aromatic N) is 9. The molecule has 8 N–H and O–H groups in total. The largest absolute Gasteiger partial charge is 0.394 e. The van der Waals surface area contributed by atoms with Crippen LogP contribution in [-0.4, -0.2) is 115 Å². The fourth-order valence-electron chi connectivity index (χ4n) is 4.74. The molecule has 20 nitrogen and oxygen atoms in total. The van der Waals surface area contributed by atoms with Gasteiger partial charge >= 0.3 is 6.72 Å². The molecule has 2 saturated heterocycles. The fourth-order valence-corrected chi connectivity index (χ4v) is 6.19. The zero-order chi connectivity index (χ0) is 30.6. The summed E-state index contributed by atoms with van der Waals surface area (Å²) < 4.78 is 54.1. The number of rotatable bonds is 9. The van der Waals surface area contributed by atoms with Gasteiger partial charge in [-0.2, -0.15) is 14.3 Å². The van der Waals surface area contributed by atoms with Gasteiger partial charge in [0, 0.05) is 6.42 Å². The molecule has 232 valence electrons. The molecule has 0 amide bonds. The molecule has 1 unspecified atom stereocenters. The Labute approximate surface area is 242 Å². The monoisotopic (exact) mass is 648 g/mol. The van der Waals surface area contributed by atoms with Crippen molar-refractivity contribution >= 4 is 52.6 Å². The lowest BCUT2D eigenvalue weighted by Gasteiger charge is -2.25. The number of nitrogens with two attached hydrogens (primary N) is 2. The minimum absolute atomic E-state index is 0.0191. The van der Waals surface area contributed by atoms with Crippen LogP contribution in [0.15, 0.2) is 11.1 Å². The highest BCUT2D eigenvalue weighted by Crippen LogP contribution is 2.50. The summed E-state index contributed by atoms with van der Waals surface area (Å²) in [4.78, 5) is 36.8. The third kappa shape index (κ3) is 5.32. The van der Waals surface area contributed by atoms with Gasteiger partial charge in [-0.15, -0.1) is 10.2 Å². The number of halogens is 2. The highest BCUT2D eigenvalue weighted by atomic mass is 32.5. The first-order valence-electron chi connectivity index (χ1n) is 12.4. The molecule has 2 fully saturated rings. The molecule has 0 spiro atoms. The second-order valence-electron chi connectivity index (χ2n) is 9.48. The molecule has 0 aliphatic carbocycles. The highest BCUT2D eigenvalue weighted by Gasteiger charge is 2.51. The number of hydrogen-bond acceptors (Lipinski definition) is 17. The van der Waals surface area contributed by atoms with Crippen molar-refractivity contribution in [2.24, 2.45) is 0 Å². The van der Waals surface area contributed by atoms with Crippen LogP contribution in [0.1, 0.15) is 18.9 Å². The lowest BCUT2D eigenvalue weighted by molar-refractivity contribution is -0.0554. The number of aromatic nitrogens is 10. The maximum absolute atomic E-state index is 15.3. The number of nitrogens with one attached hydrogen (secondary N) is 1. The quantitative estimate of drug-likeness (QED) is 0.104. The van der Waals surface area contributed by atoms with Crippen LogP contribution in [0.4, 0.5) is 20.5 Å². The number of aliphatic hydroxyl groups is 2. The lowest BCUT2D eigenvalue weighted by atomic mass is 10.1. The molecule has 4 aromatic heterocycles. The van der Waals surface area contributed by atoms with Crippen LogP contribution in [0.2, 0.25) is 0 Å². The van der Waals surface area contributed by atoms with E-state index >= 15 is 8.78 Å². The molecule has 0 radical (unpaired) electrons. The Bertz CT molecular complexity index is 1760. The van der Waals surface area contributed by atoms with Crippen LogP contribution in [0.5, 0.6) is 0 Å². The summed E-state index contributed by atoms with van der Waals surface area (Å²) in [5.74, 6) is -0.267. The van der Waals surface area contributed by atoms with E-state index in [1.807, 2.05) is 0 Å². The number of H-pyrrole nitrogens is 1. The number of alkyl halides is 2. The van der Waals surface area contributed by atoms with E-state index in [2.05, 4.69) is 40.6 Å². The molecule has 43 heavy (non-hydrogen) atoms. The smallest absolute Gasteiger partial charge is 0.325 e. The zero-order valence-corrected chi connectivity index (χ0v) is 23.2. The van der Waals surface area contributed by atoms with Crippen LogP contribution in [-0.2, 0) is 30.3 Å². The van der Waals surface area contributed by atoms with Gasteiger partial charge in [0.2, 0.25) is 5.95 Å². The predicted molar refractivity (Wildman–Crippen MR) is 141 cm³/mol. The summed E-state index contributed by atoms with van der Waals surface area (Å²) in [6, 6.07) is 0. The molecule has 2 aliphatic rings. The molecule has 24 heteroatoms. The second-order valence-corrected chi connectivity index (χ2v) is 12.3. The SMILES string of the molecule is Nc1nc2c(nnn2[C@@H]2O[C@H](CO)[C@H](F)[C@H]2OP(O)(=S)OCC[C@H]2O[C@@H](n3nnc4c(N)ncnc43)[C@@H](F)[C@@H]2O)c(=O)[nH]1. The Morgan fingerprint density at radius 3 is 2.51 bits per heavy atom. The van der Waals surface area contributed by atoms with Gasteiger partial charge in [0.1, 0.15) is 24.6 Å². The molecule has 6 rings (SSSR count). The van der Waals surface area contributed by atoms with Crippen LogP contribution >= 0.6 is 6.72 Å². The average molecular weight is 649 g/mol. The Hall–Kier alpha value is -3.41. The molecule has 4 aromatic rings. The van der Waals surface area contributed by atoms with E-state index in [-0.39, 0.29) is 40.5 Å². The minimum Gasteiger partial charge on any atom is -0.394 e. The Kier molecular flexibility index (Phi) is 7.76. The molecular weight excluding hydrogens is 625 g/mol. The van der Waals surface area contributed by atoms with Gasteiger partial charge in [0.05, 0.1) is 19.3 Å². The van der Waals surface area contributed by atoms with Crippen molar-refractivity contribution in [1.29, 1.82) is 0 Å². The first-order valence-corrected chi connectivity index (χ1v) is 15.0. The fraction of sp³-hybridized carbons (Fsp3) is 0.579. The number of aromatic amines is 1. The van der Waals surface area contributed by atoms with E-state index in [0.29, 0.717) is 0 Å². The van der Waals surface area contributed by atoms with Crippen LogP contribution in [0.25, 0.3) is 22.3 Å². The maximum Gasteiger partial charge on any atom is 0.325 e. The van der Waals surface area contributed by atoms with Gasteiger partial charge in [0.25, 0.3) is 5.56 Å². The summed E-state index contributed by atoms with van der Waals surface area (Å²) >= 11 is 5.05. The molecule has 9 atom stereocenters. The second kappa shape index (κ2) is 11.3. The first-order chi connectivity index (χ1) is 20.5. The van der Waals surface area contributed by atoms with Crippen molar-refractivity contribution in [3.05, 3.63) is 16.7 Å². The molecule has 0 aromatic carbocycles. The van der Waals surface area contributed by atoms with Crippen molar-refractivity contribution in [1.82, 2.24) is 49.9 Å². The highest BCUT2D eigenvalue weighted by molar-refractivity contribution is 8.07. The van der Waals surface area contributed by atoms with Crippen molar-refractivity contribution in [3.8, 4) is 0 Å². The zero-order valence-electron chi connectivity index (χ0n) is 21.5. The standard InChI is InChI=1S/C19H23F2N12O8PS/c20-7-6(3-34)40-18(33-15-10(29-31-33)16(36)27-19(23)26-15)12(7)41-42(37,43)38-2-1-5-11(35)8(21)17(39-5)32-14-9(28-30-32)13(22)24-4-25-14/h4-8,11-12,17-18,34-35H,1-3H2,(H,37,43)(H2,22,24,25)(H3,23,26,27,36)/t5-,6-,7+,8+,11-,12-,17-,18-,42?/m1/s1. The van der Waals surface area contributed by atoms with E-state index in [9.17, 15) is 19.9 Å². The molecule has 0 bridgehead atoms. The average Bonchev–Trinajstić information content (AvgIpc) is 3.71. The summed E-state index contributed by atoms with van der Waals surface area (Å²) in [5, 5.41) is 35.1.